The van der Waals surface area contributed by atoms with Gasteiger partial charge in [0.15, 0.2) is 0 Å². The minimum Gasteiger partial charge on any atom is -0.307 e. The summed E-state index contributed by atoms with van der Waals surface area (Å²) in [7, 11) is 0. The van der Waals surface area contributed by atoms with E-state index in [1.807, 2.05) is 42.5 Å². The number of halogens is 1. The van der Waals surface area contributed by atoms with Gasteiger partial charge < -0.3 is 10.3 Å². The maximum atomic E-state index is 14.1. The second kappa shape index (κ2) is 11.9. The highest BCUT2D eigenvalue weighted by molar-refractivity contribution is 9.10. The van der Waals surface area contributed by atoms with Crippen molar-refractivity contribution >= 4 is 44.4 Å². The number of rotatable bonds is 8. The fourth-order valence-electron chi connectivity index (χ4n) is 4.81. The molecule has 2 heterocycles. The number of amides is 2. The minimum absolute atomic E-state index is 0.223. The van der Waals surface area contributed by atoms with Crippen LogP contribution in [-0.4, -0.2) is 22.5 Å². The van der Waals surface area contributed by atoms with Crippen molar-refractivity contribution in [3.8, 4) is 11.1 Å². The first-order valence-electron chi connectivity index (χ1n) is 13.2. The third-order valence-electron chi connectivity index (χ3n) is 6.73. The molecular weight excluding hydrogens is 540 g/mol. The molecule has 0 aliphatic rings. The van der Waals surface area contributed by atoms with Crippen molar-refractivity contribution in [2.24, 2.45) is 0 Å². The fraction of sp³-hybridized carbons (Fsp3) is 0.323. The number of pyridine rings is 2. The summed E-state index contributed by atoms with van der Waals surface area (Å²) < 4.78 is 0.885. The van der Waals surface area contributed by atoms with Crippen molar-refractivity contribution < 1.29 is 4.79 Å². The molecule has 0 saturated carbocycles. The smallest absolute Gasteiger partial charge is 0.307 e. The number of para-hydroxylation sites is 1. The summed E-state index contributed by atoms with van der Waals surface area (Å²) in [6, 6.07) is 17.4. The predicted molar refractivity (Wildman–Crippen MR) is 161 cm³/mol. The van der Waals surface area contributed by atoms with Gasteiger partial charge in [-0.3, -0.25) is 9.69 Å². The Morgan fingerprint density at radius 3 is 2.34 bits per heavy atom. The first-order chi connectivity index (χ1) is 18.2. The second-order valence-electron chi connectivity index (χ2n) is 10.1. The summed E-state index contributed by atoms with van der Waals surface area (Å²) in [4.78, 5) is 36.8. The number of hydrogen-bond donors (Lipinski definition) is 2. The molecule has 0 aliphatic heterocycles. The van der Waals surface area contributed by atoms with E-state index in [0.29, 0.717) is 23.4 Å². The summed E-state index contributed by atoms with van der Waals surface area (Å²) in [5.74, 6) is 0.445. The second-order valence-corrected chi connectivity index (χ2v) is 11.1. The average Bonchev–Trinajstić information content (AvgIpc) is 2.88. The standard InChI is InChI=1S/C31H35BrN4O2/c1-6-7-17-36(31(38)34-27-23(19(2)3)13-9-14-24(27)20(4)5)28-26(21-11-8-12-22(32)18-21)25-15-10-16-33-29(25)35-30(28)37/h8-16,18-20H,6-7,17H2,1-5H3,(H,34,38)(H,33,35,37). The fourth-order valence-corrected chi connectivity index (χ4v) is 5.21. The molecule has 2 N–H and O–H groups in total. The molecule has 198 valence electrons. The van der Waals surface area contributed by atoms with Crippen LogP contribution < -0.4 is 15.8 Å². The van der Waals surface area contributed by atoms with E-state index in [0.717, 1.165) is 45.1 Å². The van der Waals surface area contributed by atoms with Gasteiger partial charge in [0.1, 0.15) is 11.3 Å². The maximum Gasteiger partial charge on any atom is 0.326 e. The Labute approximate surface area is 232 Å². The van der Waals surface area contributed by atoms with Gasteiger partial charge in [-0.25, -0.2) is 9.78 Å². The zero-order chi connectivity index (χ0) is 27.4. The van der Waals surface area contributed by atoms with Gasteiger partial charge in [-0.2, -0.15) is 0 Å². The Morgan fingerprint density at radius 1 is 1.03 bits per heavy atom. The topological polar surface area (TPSA) is 78.1 Å². The van der Waals surface area contributed by atoms with Gasteiger partial charge in [-0.05, 0) is 59.2 Å². The predicted octanol–water partition coefficient (Wildman–Crippen LogP) is 8.44. The number of anilines is 2. The molecule has 0 bridgehead atoms. The highest BCUT2D eigenvalue weighted by atomic mass is 79.9. The zero-order valence-corrected chi connectivity index (χ0v) is 24.2. The third-order valence-corrected chi connectivity index (χ3v) is 7.22. The van der Waals surface area contributed by atoms with Crippen LogP contribution in [0.3, 0.4) is 0 Å². The number of carbonyl (C=O) groups is 1. The van der Waals surface area contributed by atoms with Crippen LogP contribution in [-0.2, 0) is 0 Å². The summed E-state index contributed by atoms with van der Waals surface area (Å²) in [5.41, 5.74) is 4.95. The van der Waals surface area contributed by atoms with Crippen LogP contribution in [0.5, 0.6) is 0 Å². The van der Waals surface area contributed by atoms with Crippen LogP contribution in [0.4, 0.5) is 16.2 Å². The number of nitrogens with zero attached hydrogens (tertiary/aromatic N) is 2. The van der Waals surface area contributed by atoms with E-state index in [9.17, 15) is 9.59 Å². The minimum atomic E-state index is -0.348. The van der Waals surface area contributed by atoms with Crippen LogP contribution >= 0.6 is 15.9 Å². The summed E-state index contributed by atoms with van der Waals surface area (Å²) in [5, 5.41) is 4.00. The van der Waals surface area contributed by atoms with Gasteiger partial charge in [0, 0.05) is 33.9 Å². The molecule has 2 amide bonds. The normalized spacial score (nSPS) is 11.4. The SMILES string of the molecule is CCCCN(C(=O)Nc1c(C(C)C)cccc1C(C)C)c1c(-c2cccc(Br)c2)c2cccnc2[nH]c1=O. The van der Waals surface area contributed by atoms with Crippen LogP contribution in [0.15, 0.2) is 70.1 Å². The van der Waals surface area contributed by atoms with Gasteiger partial charge >= 0.3 is 6.03 Å². The van der Waals surface area contributed by atoms with E-state index in [2.05, 4.69) is 78.0 Å². The number of aromatic amines is 1. The summed E-state index contributed by atoms with van der Waals surface area (Å²) in [6.45, 7) is 11.0. The molecule has 7 heteroatoms. The highest BCUT2D eigenvalue weighted by Gasteiger charge is 2.27. The number of nitrogens with one attached hydrogen (secondary N) is 2. The van der Waals surface area contributed by atoms with Crippen molar-refractivity contribution in [3.05, 3.63) is 86.7 Å². The lowest BCUT2D eigenvalue weighted by atomic mass is 9.92. The molecule has 0 spiro atoms. The van der Waals surface area contributed by atoms with E-state index >= 15 is 0 Å². The number of hydrogen-bond acceptors (Lipinski definition) is 3. The van der Waals surface area contributed by atoms with Crippen molar-refractivity contribution in [1.82, 2.24) is 9.97 Å². The molecule has 0 atom stereocenters. The van der Waals surface area contributed by atoms with Crippen molar-refractivity contribution in [2.45, 2.75) is 59.3 Å². The number of unbranched alkanes of at least 4 members (excludes halogenated alkanes) is 1. The lowest BCUT2D eigenvalue weighted by molar-refractivity contribution is 0.256. The van der Waals surface area contributed by atoms with E-state index in [4.69, 9.17) is 0 Å². The summed E-state index contributed by atoms with van der Waals surface area (Å²) in [6.07, 6.45) is 3.28. The molecule has 0 saturated heterocycles. The molecule has 2 aromatic heterocycles. The van der Waals surface area contributed by atoms with Crippen molar-refractivity contribution in [2.75, 3.05) is 16.8 Å². The van der Waals surface area contributed by atoms with Crippen LogP contribution in [0.1, 0.15) is 70.4 Å². The van der Waals surface area contributed by atoms with E-state index in [-0.39, 0.29) is 23.4 Å². The van der Waals surface area contributed by atoms with Gasteiger partial charge in [0.05, 0.1) is 0 Å². The van der Waals surface area contributed by atoms with Crippen LogP contribution in [0.2, 0.25) is 0 Å². The Kier molecular flexibility index (Phi) is 8.67. The quantitative estimate of drug-likeness (QED) is 0.221. The molecule has 4 aromatic rings. The Hall–Kier alpha value is -3.45. The highest BCUT2D eigenvalue weighted by Crippen LogP contribution is 2.37. The number of fused-ring (bicyclic) bond motifs is 1. The molecular formula is C31H35BrN4O2. The monoisotopic (exact) mass is 574 g/mol. The van der Waals surface area contributed by atoms with Crippen molar-refractivity contribution in [3.63, 3.8) is 0 Å². The van der Waals surface area contributed by atoms with Gasteiger partial charge in [-0.15, -0.1) is 0 Å². The Balaban J connectivity index is 1.94. The molecule has 4 rings (SSSR count). The molecule has 0 fully saturated rings. The van der Waals surface area contributed by atoms with Gasteiger partial charge in [0.25, 0.3) is 5.56 Å². The lowest BCUT2D eigenvalue weighted by Gasteiger charge is -2.27. The molecule has 2 aromatic carbocycles. The van der Waals surface area contributed by atoms with E-state index in [1.54, 1.807) is 11.1 Å². The number of carbonyl (C=O) groups excluding carboxylic acids is 1. The molecule has 0 unspecified atom stereocenters. The van der Waals surface area contributed by atoms with E-state index in [1.165, 1.54) is 0 Å². The Morgan fingerprint density at radius 2 is 1.71 bits per heavy atom. The molecule has 38 heavy (non-hydrogen) atoms. The number of urea groups is 1. The first-order valence-corrected chi connectivity index (χ1v) is 14.0. The number of benzene rings is 2. The lowest BCUT2D eigenvalue weighted by Crippen LogP contribution is -2.40. The van der Waals surface area contributed by atoms with Gasteiger partial charge in [-0.1, -0.05) is 87.3 Å². The van der Waals surface area contributed by atoms with Gasteiger partial charge in [0.2, 0.25) is 0 Å². The van der Waals surface area contributed by atoms with Crippen LogP contribution in [0, 0.1) is 0 Å². The van der Waals surface area contributed by atoms with Crippen molar-refractivity contribution in [1.29, 1.82) is 0 Å². The first kappa shape index (κ1) is 27.6. The number of aromatic nitrogens is 2. The largest absolute Gasteiger partial charge is 0.326 e. The maximum absolute atomic E-state index is 14.1. The van der Waals surface area contributed by atoms with Crippen LogP contribution in [0.25, 0.3) is 22.2 Å². The third kappa shape index (κ3) is 5.68. The molecule has 6 nitrogen and oxygen atoms in total. The number of H-pyrrole nitrogens is 1. The van der Waals surface area contributed by atoms with E-state index < -0.39 is 0 Å². The molecule has 0 radical (unpaired) electrons. The zero-order valence-electron chi connectivity index (χ0n) is 22.6. The Bertz CT molecular complexity index is 1480. The summed E-state index contributed by atoms with van der Waals surface area (Å²) >= 11 is 3.57. The average molecular weight is 576 g/mol. The molecule has 0 aliphatic carbocycles.